The van der Waals surface area contributed by atoms with E-state index in [1.54, 1.807) is 43.3 Å². The topological polar surface area (TPSA) is 90.5 Å². The quantitative estimate of drug-likeness (QED) is 0.611. The first kappa shape index (κ1) is 20.1. The molecule has 29 heavy (non-hydrogen) atoms. The molecule has 0 fully saturated rings. The summed E-state index contributed by atoms with van der Waals surface area (Å²) in [7, 11) is 0. The lowest BCUT2D eigenvalue weighted by atomic mass is 9.98. The highest BCUT2D eigenvalue weighted by atomic mass is 16.5. The zero-order valence-corrected chi connectivity index (χ0v) is 16.2. The number of hydrogen-bond donors (Lipinski definition) is 2. The van der Waals surface area contributed by atoms with E-state index in [-0.39, 0.29) is 23.7 Å². The molecule has 5 heteroatoms. The number of Topliss-reactive ketones (excluding diaryl/α,β-unsaturated/α-hetero) is 1. The van der Waals surface area contributed by atoms with E-state index in [0.717, 1.165) is 5.56 Å². The van der Waals surface area contributed by atoms with Gasteiger partial charge in [0.15, 0.2) is 5.78 Å². The summed E-state index contributed by atoms with van der Waals surface area (Å²) in [6.07, 6.45) is -0.858. The molecule has 0 saturated heterocycles. The van der Waals surface area contributed by atoms with Crippen LogP contribution in [0.2, 0.25) is 0 Å². The summed E-state index contributed by atoms with van der Waals surface area (Å²) in [4.78, 5) is 11.5. The predicted octanol–water partition coefficient (Wildman–Crippen LogP) is 4.44. The molecule has 3 aromatic rings. The number of benzene rings is 3. The van der Waals surface area contributed by atoms with Crippen LogP contribution < -0.4 is 4.74 Å². The normalized spacial score (nSPS) is 11.5. The predicted molar refractivity (Wildman–Crippen MR) is 109 cm³/mol. The molecule has 5 nitrogen and oxygen atoms in total. The standard InChI is InChI=1S/C24H21NO4/c1-15-22(10-9-21(16(2)26)23(15)27)29-14-18-6-4-8-20(12-18)24(28)19-7-3-5-17(11-19)13-25/h3-12,24,27-28H,14H2,1-2H3. The Bertz CT molecular complexity index is 1100. The van der Waals surface area contributed by atoms with Gasteiger partial charge in [0.1, 0.15) is 24.2 Å². The van der Waals surface area contributed by atoms with Crippen molar-refractivity contribution in [2.24, 2.45) is 0 Å². The number of aliphatic hydroxyl groups excluding tert-OH is 1. The second kappa shape index (κ2) is 8.59. The summed E-state index contributed by atoms with van der Waals surface area (Å²) < 4.78 is 5.82. The number of phenols is 1. The Morgan fingerprint density at radius 2 is 1.79 bits per heavy atom. The maximum absolute atomic E-state index is 11.5. The summed E-state index contributed by atoms with van der Waals surface area (Å²) in [5, 5.41) is 29.9. The minimum Gasteiger partial charge on any atom is -0.507 e. The van der Waals surface area contributed by atoms with E-state index >= 15 is 0 Å². The first-order chi connectivity index (χ1) is 13.9. The van der Waals surface area contributed by atoms with E-state index in [1.807, 2.05) is 24.3 Å². The number of ketones is 1. The highest BCUT2D eigenvalue weighted by Crippen LogP contribution is 2.31. The maximum atomic E-state index is 11.5. The van der Waals surface area contributed by atoms with Crippen LogP contribution in [-0.2, 0) is 6.61 Å². The van der Waals surface area contributed by atoms with Gasteiger partial charge in [-0.25, -0.2) is 0 Å². The van der Waals surface area contributed by atoms with Gasteiger partial charge >= 0.3 is 0 Å². The van der Waals surface area contributed by atoms with Crippen LogP contribution in [0.25, 0.3) is 0 Å². The lowest BCUT2D eigenvalue weighted by molar-refractivity contribution is 0.101. The van der Waals surface area contributed by atoms with Gasteiger partial charge in [-0.05, 0) is 60.9 Å². The van der Waals surface area contributed by atoms with Crippen LogP contribution in [0.4, 0.5) is 0 Å². The molecule has 0 aliphatic heterocycles. The first-order valence-electron chi connectivity index (χ1n) is 9.14. The number of carbonyl (C=O) groups is 1. The molecule has 0 spiro atoms. The van der Waals surface area contributed by atoms with Crippen molar-refractivity contribution in [1.82, 2.24) is 0 Å². The van der Waals surface area contributed by atoms with Crippen LogP contribution in [0.1, 0.15) is 51.2 Å². The number of nitrogens with zero attached hydrogens (tertiary/aromatic N) is 1. The smallest absolute Gasteiger partial charge is 0.163 e. The number of aromatic hydroxyl groups is 1. The van der Waals surface area contributed by atoms with E-state index in [0.29, 0.717) is 28.0 Å². The summed E-state index contributed by atoms with van der Waals surface area (Å²) in [6, 6.07) is 19.5. The fraction of sp³-hybridized carbons (Fsp3) is 0.167. The molecule has 0 amide bonds. The summed E-state index contributed by atoms with van der Waals surface area (Å²) in [5.41, 5.74) is 3.43. The molecule has 3 aromatic carbocycles. The summed E-state index contributed by atoms with van der Waals surface area (Å²) in [6.45, 7) is 3.33. The van der Waals surface area contributed by atoms with Gasteiger partial charge in [0.2, 0.25) is 0 Å². The Hall–Kier alpha value is -3.62. The lowest BCUT2D eigenvalue weighted by Gasteiger charge is -2.15. The molecule has 0 aromatic heterocycles. The average Bonchev–Trinajstić information content (AvgIpc) is 2.74. The SMILES string of the molecule is CC(=O)c1ccc(OCc2cccc(C(O)c3cccc(C#N)c3)c2)c(C)c1O. The van der Waals surface area contributed by atoms with E-state index in [9.17, 15) is 15.0 Å². The average molecular weight is 387 g/mol. The third kappa shape index (κ3) is 4.45. The third-order valence-corrected chi connectivity index (χ3v) is 4.75. The van der Waals surface area contributed by atoms with Crippen molar-refractivity contribution in [3.05, 3.63) is 94.0 Å². The number of hydrogen-bond acceptors (Lipinski definition) is 5. The monoisotopic (exact) mass is 387 g/mol. The van der Waals surface area contributed by atoms with Gasteiger partial charge in [0, 0.05) is 5.56 Å². The van der Waals surface area contributed by atoms with Crippen molar-refractivity contribution in [2.45, 2.75) is 26.6 Å². The molecule has 146 valence electrons. The number of rotatable bonds is 6. The van der Waals surface area contributed by atoms with Crippen LogP contribution in [-0.4, -0.2) is 16.0 Å². The highest BCUT2D eigenvalue weighted by molar-refractivity contribution is 5.97. The van der Waals surface area contributed by atoms with Crippen molar-refractivity contribution in [3.8, 4) is 17.6 Å². The number of carbonyl (C=O) groups excluding carboxylic acids is 1. The second-order valence-corrected chi connectivity index (χ2v) is 6.81. The third-order valence-electron chi connectivity index (χ3n) is 4.75. The van der Waals surface area contributed by atoms with E-state index in [2.05, 4.69) is 6.07 Å². The summed E-state index contributed by atoms with van der Waals surface area (Å²) >= 11 is 0. The van der Waals surface area contributed by atoms with Crippen molar-refractivity contribution in [3.63, 3.8) is 0 Å². The molecule has 0 radical (unpaired) electrons. The Morgan fingerprint density at radius 1 is 1.10 bits per heavy atom. The Balaban J connectivity index is 1.78. The minimum absolute atomic E-state index is 0.0726. The van der Waals surface area contributed by atoms with Crippen LogP contribution in [0.5, 0.6) is 11.5 Å². The lowest BCUT2D eigenvalue weighted by Crippen LogP contribution is -2.03. The van der Waals surface area contributed by atoms with Crippen LogP contribution >= 0.6 is 0 Å². The fourth-order valence-corrected chi connectivity index (χ4v) is 3.11. The zero-order valence-electron chi connectivity index (χ0n) is 16.2. The van der Waals surface area contributed by atoms with Crippen LogP contribution in [0.15, 0.2) is 60.7 Å². The molecular formula is C24H21NO4. The molecule has 0 aliphatic carbocycles. The molecule has 2 N–H and O–H groups in total. The van der Waals surface area contributed by atoms with Gasteiger partial charge in [-0.2, -0.15) is 5.26 Å². The Kier molecular flexibility index (Phi) is 5.96. The van der Waals surface area contributed by atoms with Crippen LogP contribution in [0.3, 0.4) is 0 Å². The molecule has 1 unspecified atom stereocenters. The molecule has 0 heterocycles. The summed E-state index contributed by atoms with van der Waals surface area (Å²) in [5.74, 6) is 0.205. The van der Waals surface area contributed by atoms with Gasteiger partial charge in [-0.3, -0.25) is 4.79 Å². The number of nitriles is 1. The van der Waals surface area contributed by atoms with Gasteiger partial charge in [0.25, 0.3) is 0 Å². The molecule has 3 rings (SSSR count). The number of ether oxygens (including phenoxy) is 1. The minimum atomic E-state index is -0.858. The van der Waals surface area contributed by atoms with Crippen molar-refractivity contribution < 1.29 is 19.7 Å². The first-order valence-corrected chi connectivity index (χ1v) is 9.14. The van der Waals surface area contributed by atoms with E-state index in [1.165, 1.54) is 6.92 Å². The van der Waals surface area contributed by atoms with Crippen LogP contribution in [0, 0.1) is 18.3 Å². The Morgan fingerprint density at radius 3 is 2.48 bits per heavy atom. The molecule has 0 saturated carbocycles. The second-order valence-electron chi connectivity index (χ2n) is 6.81. The van der Waals surface area contributed by atoms with Gasteiger partial charge in [-0.15, -0.1) is 0 Å². The van der Waals surface area contributed by atoms with E-state index < -0.39 is 6.10 Å². The Labute approximate surface area is 169 Å². The molecule has 0 bridgehead atoms. The van der Waals surface area contributed by atoms with Gasteiger partial charge < -0.3 is 14.9 Å². The zero-order chi connectivity index (χ0) is 21.0. The fourth-order valence-electron chi connectivity index (χ4n) is 3.11. The highest BCUT2D eigenvalue weighted by Gasteiger charge is 2.14. The molecule has 0 aliphatic rings. The largest absolute Gasteiger partial charge is 0.507 e. The van der Waals surface area contributed by atoms with Gasteiger partial charge in [-0.1, -0.05) is 30.3 Å². The van der Waals surface area contributed by atoms with Crippen molar-refractivity contribution in [1.29, 1.82) is 5.26 Å². The van der Waals surface area contributed by atoms with Crippen molar-refractivity contribution in [2.75, 3.05) is 0 Å². The number of phenolic OH excluding ortho intramolecular Hbond substituents is 1. The van der Waals surface area contributed by atoms with E-state index in [4.69, 9.17) is 10.00 Å². The van der Waals surface area contributed by atoms with Crippen molar-refractivity contribution >= 4 is 5.78 Å². The maximum Gasteiger partial charge on any atom is 0.163 e. The molecule has 1 atom stereocenters. The number of aliphatic hydroxyl groups is 1. The van der Waals surface area contributed by atoms with Gasteiger partial charge in [0.05, 0.1) is 17.2 Å². The molecular weight excluding hydrogens is 366 g/mol.